The maximum absolute atomic E-state index is 12.3. The highest BCUT2D eigenvalue weighted by molar-refractivity contribution is 7.98. The van der Waals surface area contributed by atoms with Crippen LogP contribution >= 0.6 is 11.8 Å². The van der Waals surface area contributed by atoms with Gasteiger partial charge in [-0.15, -0.1) is 11.8 Å². The van der Waals surface area contributed by atoms with Crippen LogP contribution in [0, 0.1) is 10.1 Å². The van der Waals surface area contributed by atoms with Crippen molar-refractivity contribution in [2.24, 2.45) is 0 Å². The Labute approximate surface area is 184 Å². The van der Waals surface area contributed by atoms with Crippen molar-refractivity contribution >= 4 is 34.3 Å². The smallest absolute Gasteiger partial charge is 0.269 e. The average Bonchev–Trinajstić information content (AvgIpc) is 3.16. The summed E-state index contributed by atoms with van der Waals surface area (Å²) in [6.45, 7) is 1.09. The molecule has 1 N–H and O–H groups in total. The van der Waals surface area contributed by atoms with Crippen LogP contribution in [0.25, 0.3) is 10.9 Å². The summed E-state index contributed by atoms with van der Waals surface area (Å²) in [4.78, 5) is 23.8. The lowest BCUT2D eigenvalue weighted by molar-refractivity contribution is -0.384. The van der Waals surface area contributed by atoms with Gasteiger partial charge in [-0.3, -0.25) is 14.9 Å². The van der Waals surface area contributed by atoms with Gasteiger partial charge >= 0.3 is 0 Å². The van der Waals surface area contributed by atoms with E-state index < -0.39 is 4.92 Å². The Morgan fingerprint density at radius 2 is 1.68 bits per heavy atom. The normalized spacial score (nSPS) is 10.8. The molecule has 3 aromatic carbocycles. The van der Waals surface area contributed by atoms with E-state index in [4.69, 9.17) is 0 Å². The minimum absolute atomic E-state index is 0.0316. The van der Waals surface area contributed by atoms with Crippen molar-refractivity contribution in [3.63, 3.8) is 0 Å². The molecule has 31 heavy (non-hydrogen) atoms. The van der Waals surface area contributed by atoms with Gasteiger partial charge in [0.25, 0.3) is 11.6 Å². The summed E-state index contributed by atoms with van der Waals surface area (Å²) in [6, 6.07) is 24.2. The lowest BCUT2D eigenvalue weighted by Gasteiger charge is -2.07. The Morgan fingerprint density at radius 3 is 2.42 bits per heavy atom. The molecule has 6 nitrogen and oxygen atoms in total. The molecule has 0 saturated carbocycles. The molecule has 0 saturated heterocycles. The third-order valence-corrected chi connectivity index (χ3v) is 6.08. The van der Waals surface area contributed by atoms with E-state index >= 15 is 0 Å². The van der Waals surface area contributed by atoms with Crippen molar-refractivity contribution < 1.29 is 9.72 Å². The first-order valence-electron chi connectivity index (χ1n) is 9.89. The number of nitro benzene ring substituents is 1. The fourth-order valence-corrected chi connectivity index (χ4v) is 4.42. The van der Waals surface area contributed by atoms with Crippen molar-refractivity contribution in [2.45, 2.75) is 17.2 Å². The van der Waals surface area contributed by atoms with E-state index in [1.165, 1.54) is 40.1 Å². The third-order valence-electron chi connectivity index (χ3n) is 4.97. The van der Waals surface area contributed by atoms with Crippen LogP contribution in [0.2, 0.25) is 0 Å². The second-order valence-electron chi connectivity index (χ2n) is 7.04. The van der Waals surface area contributed by atoms with Crippen LogP contribution in [0.5, 0.6) is 0 Å². The van der Waals surface area contributed by atoms with E-state index in [9.17, 15) is 14.9 Å². The molecule has 1 amide bonds. The van der Waals surface area contributed by atoms with Crippen molar-refractivity contribution in [3.8, 4) is 0 Å². The van der Waals surface area contributed by atoms with Gasteiger partial charge in [-0.25, -0.2) is 0 Å². The second-order valence-corrected chi connectivity index (χ2v) is 8.06. The molecule has 0 radical (unpaired) electrons. The summed E-state index contributed by atoms with van der Waals surface area (Å²) < 4.78 is 2.15. The fourth-order valence-electron chi connectivity index (χ4n) is 3.37. The van der Waals surface area contributed by atoms with Gasteiger partial charge in [-0.05, 0) is 23.8 Å². The molecule has 1 heterocycles. The lowest BCUT2D eigenvalue weighted by Crippen LogP contribution is -2.27. The predicted octanol–water partition coefficient (Wildman–Crippen LogP) is 5.27. The molecule has 156 valence electrons. The second kappa shape index (κ2) is 9.49. The molecular weight excluding hydrogens is 410 g/mol. The summed E-state index contributed by atoms with van der Waals surface area (Å²) >= 11 is 1.80. The number of non-ortho nitro benzene ring substituents is 1. The molecule has 0 aliphatic rings. The van der Waals surface area contributed by atoms with Gasteiger partial charge in [0, 0.05) is 58.5 Å². The zero-order valence-electron chi connectivity index (χ0n) is 16.7. The van der Waals surface area contributed by atoms with Gasteiger partial charge in [0.1, 0.15) is 0 Å². The van der Waals surface area contributed by atoms with Crippen LogP contribution in [-0.2, 0) is 12.3 Å². The van der Waals surface area contributed by atoms with Crippen LogP contribution in [0.3, 0.4) is 0 Å². The predicted molar refractivity (Wildman–Crippen MR) is 123 cm³/mol. The minimum Gasteiger partial charge on any atom is -0.350 e. The molecule has 4 rings (SSSR count). The number of nitrogens with zero attached hydrogens (tertiary/aromatic N) is 2. The standard InChI is InChI=1S/C24H21N3O3S/c28-24(19-10-12-20(13-11-19)27(29)30)25-14-15-26-16-23(21-8-4-5-9-22(21)26)31-17-18-6-2-1-3-7-18/h1-13,16H,14-15,17H2,(H,25,28). The SMILES string of the molecule is O=C(NCCn1cc(SCc2ccccc2)c2ccccc21)c1ccc([N+](=O)[O-])cc1. The number of carbonyl (C=O) groups excluding carboxylic acids is 1. The summed E-state index contributed by atoms with van der Waals surface area (Å²) in [5.74, 6) is 0.649. The number of thioether (sulfide) groups is 1. The molecule has 0 spiro atoms. The van der Waals surface area contributed by atoms with Gasteiger partial charge in [0.05, 0.1) is 4.92 Å². The van der Waals surface area contributed by atoms with Gasteiger partial charge in [0.15, 0.2) is 0 Å². The Kier molecular flexibility index (Phi) is 6.33. The molecule has 0 unspecified atom stereocenters. The Balaban J connectivity index is 1.41. The highest BCUT2D eigenvalue weighted by atomic mass is 32.2. The number of para-hydroxylation sites is 1. The summed E-state index contributed by atoms with van der Waals surface area (Å²) in [6.07, 6.45) is 2.14. The highest BCUT2D eigenvalue weighted by Crippen LogP contribution is 2.32. The number of rotatable bonds is 8. The Bertz CT molecular complexity index is 1200. The van der Waals surface area contributed by atoms with E-state index in [0.29, 0.717) is 18.7 Å². The van der Waals surface area contributed by atoms with E-state index in [2.05, 4.69) is 40.3 Å². The number of nitrogens with one attached hydrogen (secondary N) is 1. The molecule has 0 fully saturated rings. The maximum atomic E-state index is 12.3. The van der Waals surface area contributed by atoms with Crippen LogP contribution in [0.15, 0.2) is 90.0 Å². The molecule has 4 aromatic rings. The van der Waals surface area contributed by atoms with Crippen LogP contribution in [0.4, 0.5) is 5.69 Å². The van der Waals surface area contributed by atoms with Crippen molar-refractivity contribution in [2.75, 3.05) is 6.54 Å². The Morgan fingerprint density at radius 1 is 0.968 bits per heavy atom. The number of benzene rings is 3. The summed E-state index contributed by atoms with van der Waals surface area (Å²) in [5.41, 5.74) is 2.78. The fraction of sp³-hybridized carbons (Fsp3) is 0.125. The maximum Gasteiger partial charge on any atom is 0.269 e. The minimum atomic E-state index is -0.480. The number of aromatic nitrogens is 1. The topological polar surface area (TPSA) is 77.2 Å². The summed E-state index contributed by atoms with van der Waals surface area (Å²) in [7, 11) is 0. The molecule has 7 heteroatoms. The number of fused-ring (bicyclic) bond motifs is 1. The van der Waals surface area contributed by atoms with E-state index in [-0.39, 0.29) is 11.6 Å². The highest BCUT2D eigenvalue weighted by Gasteiger charge is 2.11. The lowest BCUT2D eigenvalue weighted by atomic mass is 10.2. The van der Waals surface area contributed by atoms with Crippen molar-refractivity contribution in [1.82, 2.24) is 9.88 Å². The Hall–Kier alpha value is -3.58. The third kappa shape index (κ3) is 4.95. The zero-order valence-corrected chi connectivity index (χ0v) is 17.5. The average molecular weight is 432 g/mol. The molecule has 0 aliphatic carbocycles. The molecule has 1 aromatic heterocycles. The number of amides is 1. The molecular formula is C24H21N3O3S. The molecule has 0 atom stereocenters. The molecule has 0 aliphatic heterocycles. The van der Waals surface area contributed by atoms with E-state index in [1.807, 2.05) is 30.3 Å². The number of hydrogen-bond acceptors (Lipinski definition) is 4. The quantitative estimate of drug-likeness (QED) is 0.234. The number of nitro groups is 1. The first kappa shape index (κ1) is 20.7. The van der Waals surface area contributed by atoms with Crippen LogP contribution in [-0.4, -0.2) is 21.9 Å². The van der Waals surface area contributed by atoms with Crippen LogP contribution < -0.4 is 5.32 Å². The van der Waals surface area contributed by atoms with E-state index in [1.54, 1.807) is 11.8 Å². The number of carbonyl (C=O) groups is 1. The first-order chi connectivity index (χ1) is 15.1. The van der Waals surface area contributed by atoms with Crippen molar-refractivity contribution in [3.05, 3.63) is 106 Å². The zero-order chi connectivity index (χ0) is 21.6. The van der Waals surface area contributed by atoms with Crippen LogP contribution in [0.1, 0.15) is 15.9 Å². The van der Waals surface area contributed by atoms with Gasteiger partial charge in [-0.2, -0.15) is 0 Å². The monoisotopic (exact) mass is 431 g/mol. The van der Waals surface area contributed by atoms with Crippen molar-refractivity contribution in [1.29, 1.82) is 0 Å². The van der Waals surface area contributed by atoms with E-state index in [0.717, 1.165) is 11.3 Å². The summed E-state index contributed by atoms with van der Waals surface area (Å²) in [5, 5.41) is 14.8. The molecule has 0 bridgehead atoms. The first-order valence-corrected chi connectivity index (χ1v) is 10.9. The van der Waals surface area contributed by atoms with Gasteiger partial charge < -0.3 is 9.88 Å². The van der Waals surface area contributed by atoms with Gasteiger partial charge in [-0.1, -0.05) is 48.5 Å². The largest absolute Gasteiger partial charge is 0.350 e. The number of hydrogen-bond donors (Lipinski definition) is 1. The van der Waals surface area contributed by atoms with Gasteiger partial charge in [0.2, 0.25) is 0 Å².